The van der Waals surface area contributed by atoms with Gasteiger partial charge in [0.1, 0.15) is 54.4 Å². The summed E-state index contributed by atoms with van der Waals surface area (Å²) in [6.45, 7) is -1.42. The van der Waals surface area contributed by atoms with E-state index in [1.807, 2.05) is 24.3 Å². The van der Waals surface area contributed by atoms with Crippen molar-refractivity contribution in [1.82, 2.24) is 111 Å². The number of para-hydroxylation sites is 2. The Kier molecular flexibility index (Phi) is 45.4. The first-order chi connectivity index (χ1) is 59.4. The Labute approximate surface area is 720 Å². The van der Waals surface area contributed by atoms with Gasteiger partial charge < -0.3 is 168 Å². The molecule has 4 aromatic rings. The van der Waals surface area contributed by atoms with E-state index in [-0.39, 0.29) is 180 Å². The highest BCUT2D eigenvalue weighted by Crippen LogP contribution is 2.22. The molecule has 51 heteroatoms. The number of fused-ring (bicyclic) bond motifs is 2. The number of nitrogens with two attached hydrogens (primary N) is 10. The lowest BCUT2D eigenvalue weighted by Crippen LogP contribution is -2.60. The molecule has 0 aliphatic rings. The molecule has 2 aromatic heterocycles. The monoisotopic (exact) mass is 1750 g/mol. The van der Waals surface area contributed by atoms with Crippen LogP contribution < -0.4 is 158 Å². The van der Waals surface area contributed by atoms with Crippen LogP contribution in [0.1, 0.15) is 114 Å². The van der Waals surface area contributed by atoms with Gasteiger partial charge in [-0.1, -0.05) is 36.4 Å². The molecule has 2 heterocycles. The van der Waals surface area contributed by atoms with Crippen LogP contribution in [-0.2, 0) is 70.4 Å². The lowest BCUT2D eigenvalue weighted by Gasteiger charge is -2.28. The third-order valence-electron chi connectivity index (χ3n) is 19.0. The van der Waals surface area contributed by atoms with Crippen molar-refractivity contribution >= 4 is 140 Å². The van der Waals surface area contributed by atoms with Crippen LogP contribution in [0, 0.1) is 43.3 Å². The number of nitrogens with one attached hydrogen (secondary N) is 29. The molecule has 0 fully saturated rings. The fourth-order valence-corrected chi connectivity index (χ4v) is 12.7. The lowest BCUT2D eigenvalue weighted by atomic mass is 10.0. The molecule has 688 valence electrons. The molecule has 0 aliphatic carbocycles. The normalized spacial score (nSPS) is 13.2. The molecular formula is C74H125N39O12. The van der Waals surface area contributed by atoms with Gasteiger partial charge in [-0.05, 0) is 132 Å². The molecule has 10 atom stereocenters. The van der Waals surface area contributed by atoms with Crippen molar-refractivity contribution in [3.8, 4) is 0 Å². The molecule has 125 heavy (non-hydrogen) atoms. The van der Waals surface area contributed by atoms with E-state index in [1.165, 1.54) is 0 Å². The minimum Gasteiger partial charge on any atom is -0.370 e. The maximum absolute atomic E-state index is 14.9. The molecule has 49 N–H and O–H groups in total. The van der Waals surface area contributed by atoms with E-state index in [2.05, 4.69) is 111 Å². The Morgan fingerprint density at radius 2 is 0.512 bits per heavy atom. The fourth-order valence-electron chi connectivity index (χ4n) is 12.7. The number of guanidine groups is 8. The highest BCUT2D eigenvalue weighted by Gasteiger charge is 2.36. The summed E-state index contributed by atoms with van der Waals surface area (Å²) in [5, 5.41) is 112. The second-order valence-corrected chi connectivity index (χ2v) is 29.1. The summed E-state index contributed by atoms with van der Waals surface area (Å²) in [4.78, 5) is 177. The van der Waals surface area contributed by atoms with Crippen molar-refractivity contribution in [2.45, 2.75) is 176 Å². The number of benzene rings is 2. The number of aromatic amines is 2. The Bertz CT molecular complexity index is 4360. The van der Waals surface area contributed by atoms with Gasteiger partial charge >= 0.3 is 0 Å². The third kappa shape index (κ3) is 40.9. The molecule has 0 saturated carbocycles. The molecule has 51 nitrogen and oxygen atoms in total. The number of rotatable bonds is 59. The van der Waals surface area contributed by atoms with E-state index in [0.717, 1.165) is 16.5 Å². The van der Waals surface area contributed by atoms with Gasteiger partial charge in [0.15, 0.2) is 47.7 Å². The largest absolute Gasteiger partial charge is 0.370 e. The van der Waals surface area contributed by atoms with Gasteiger partial charge in [-0.25, -0.2) is 0 Å². The van der Waals surface area contributed by atoms with E-state index in [4.69, 9.17) is 101 Å². The summed E-state index contributed by atoms with van der Waals surface area (Å²) in [6.07, 6.45) is 2.56. The number of primary amides is 1. The molecule has 0 spiro atoms. The minimum atomic E-state index is -1.61. The zero-order chi connectivity index (χ0) is 92.5. The number of hydrogen-bond acceptors (Lipinski definition) is 21. The van der Waals surface area contributed by atoms with Crippen LogP contribution in [0.3, 0.4) is 0 Å². The van der Waals surface area contributed by atoms with Crippen LogP contribution in [0.2, 0.25) is 0 Å². The number of carbonyl (C=O) groups is 12. The van der Waals surface area contributed by atoms with Crippen LogP contribution >= 0.6 is 0 Å². The average molecular weight is 1750 g/mol. The number of hydrogen-bond donors (Lipinski definition) is 39. The van der Waals surface area contributed by atoms with Gasteiger partial charge in [0, 0.05) is 93.0 Å². The summed E-state index contributed by atoms with van der Waals surface area (Å²) in [7, 11) is 0. The number of amides is 12. The van der Waals surface area contributed by atoms with Crippen molar-refractivity contribution in [3.63, 3.8) is 0 Å². The Morgan fingerprint density at radius 3 is 0.800 bits per heavy atom. The standard InChI is InChI=1S/C74H125N39O12/c75-43(33-39-35-101-44-15-3-1-13-41(39)44)58(117)107-48(19-7-27-95-69(81)82)66(125)113-54(34-40-36-102-45-16-4-2-14-42(40)45)59(118)104-37-55(114)103-38-56(115)105-47(18-6-26-94-68(79)80)60(119)108-50(21-9-29-97-71(85)86)62(121)110-52(23-11-31-99-73(89)90)64(123)112-53(24-12-32-100-74(91)92)65(124)111-51(22-10-30-98-72(87)88)63(122)109-49(20-8-28-96-70(83)84)61(120)106-46(57(76)116)17-5-25-93-67(77)78/h1-4,13-16,35-36,43,46-54,101-102H,5-12,17-34,37-38,75H2,(H2,76,116)(H,103,114)(H,104,118)(H,105,115)(H,106,120)(H,107,117)(H,108,119)(H,109,122)(H,110,121)(H,111,124)(H,112,123)(H,113,125)(H4,77,78,93)(H4,79,80,94)(H4,81,82,95)(H4,83,84,96)(H4,85,86,97)(H4,87,88,98)(H4,89,90,99)(H4,91,92,100)/t43-,46-,47-,48-,49-,50-,51-,52-,53-,54-/m0/s1. The molecule has 12 amide bonds. The van der Waals surface area contributed by atoms with Crippen LogP contribution in [-0.4, -0.2) is 254 Å². The van der Waals surface area contributed by atoms with Crippen molar-refractivity contribution in [1.29, 1.82) is 43.3 Å². The topological polar surface area (TPSA) is 916 Å². The van der Waals surface area contributed by atoms with Gasteiger partial charge in [0.25, 0.3) is 0 Å². The first-order valence-electron chi connectivity index (χ1n) is 40.5. The van der Waals surface area contributed by atoms with E-state index < -0.39 is 180 Å². The van der Waals surface area contributed by atoms with Gasteiger partial charge in [-0.3, -0.25) is 101 Å². The zero-order valence-electron chi connectivity index (χ0n) is 69.5. The van der Waals surface area contributed by atoms with Crippen molar-refractivity contribution in [2.24, 2.45) is 57.3 Å². The lowest BCUT2D eigenvalue weighted by molar-refractivity contribution is -0.136. The second-order valence-electron chi connectivity index (χ2n) is 29.1. The van der Waals surface area contributed by atoms with Gasteiger partial charge in [0.2, 0.25) is 70.9 Å². The average Bonchev–Trinajstić information content (AvgIpc) is 1.68. The first kappa shape index (κ1) is 103. The smallest absolute Gasteiger partial charge is 0.243 e. The molecule has 0 unspecified atom stereocenters. The Balaban J connectivity index is 1.62. The molecular weight excluding hydrogens is 1630 g/mol. The maximum atomic E-state index is 14.9. The number of aromatic nitrogens is 2. The van der Waals surface area contributed by atoms with E-state index in [0.29, 0.717) is 16.5 Å². The van der Waals surface area contributed by atoms with Crippen molar-refractivity contribution < 1.29 is 57.5 Å². The van der Waals surface area contributed by atoms with Crippen LogP contribution in [0.25, 0.3) is 21.8 Å². The number of carbonyl (C=O) groups excluding carboxylic acids is 12. The summed E-state index contributed by atoms with van der Waals surface area (Å²) >= 11 is 0. The quantitative estimate of drug-likeness (QED) is 0.0111. The third-order valence-corrected chi connectivity index (χ3v) is 19.0. The molecule has 4 rings (SSSR count). The highest BCUT2D eigenvalue weighted by atomic mass is 16.2. The predicted octanol–water partition coefficient (Wildman–Crippen LogP) is -10.1. The predicted molar refractivity (Wildman–Crippen MR) is 468 cm³/mol. The van der Waals surface area contributed by atoms with Gasteiger partial charge in [0.05, 0.1) is 19.1 Å². The van der Waals surface area contributed by atoms with Crippen molar-refractivity contribution in [3.05, 3.63) is 72.1 Å². The Morgan fingerprint density at radius 1 is 0.272 bits per heavy atom. The summed E-state index contributed by atoms with van der Waals surface area (Å²) < 4.78 is 0. The molecule has 2 aromatic carbocycles. The molecule has 0 radical (unpaired) electrons. The summed E-state index contributed by atoms with van der Waals surface area (Å²) in [6, 6.07) is 0.136. The summed E-state index contributed by atoms with van der Waals surface area (Å²) in [5.41, 5.74) is 59.1. The highest BCUT2D eigenvalue weighted by molar-refractivity contribution is 6.00. The minimum absolute atomic E-state index is 0.00248. The molecule has 0 aliphatic heterocycles. The van der Waals surface area contributed by atoms with E-state index in [1.54, 1.807) is 36.7 Å². The zero-order valence-corrected chi connectivity index (χ0v) is 69.5. The second kappa shape index (κ2) is 55.3. The first-order valence-corrected chi connectivity index (χ1v) is 40.5. The van der Waals surface area contributed by atoms with Gasteiger partial charge in [-0.2, -0.15) is 0 Å². The maximum Gasteiger partial charge on any atom is 0.243 e. The fraction of sp³-hybridized carbons (Fsp3) is 0.514. The van der Waals surface area contributed by atoms with Crippen LogP contribution in [0.4, 0.5) is 0 Å². The number of H-pyrrole nitrogens is 2. The van der Waals surface area contributed by atoms with Crippen LogP contribution in [0.5, 0.6) is 0 Å². The van der Waals surface area contributed by atoms with Crippen LogP contribution in [0.15, 0.2) is 60.9 Å². The van der Waals surface area contributed by atoms with E-state index in [9.17, 15) is 57.5 Å². The summed E-state index contributed by atoms with van der Waals surface area (Å²) in [5.74, 6) is -14.3. The SMILES string of the molecule is N=C(N)NCCC[C@H](NC(=O)[C@H](CCCNC(=N)N)NC(=O)[C@H](CCCNC(=N)N)NC(=O)[C@H](CCCNC(=N)N)NC(=O)[C@H](CCCNC(=N)N)NC(=O)[C@H](CCCNC(=N)N)NC(=O)[C@H](CCCNC(=N)N)NC(=O)CNC(=O)CNC(=O)[C@H](Cc1c[nH]c2ccccc12)NC(=O)[C@H](CCCNC(=N)N)NC(=O)[C@@H](N)Cc1c[nH]c2ccccc12)C(N)=O. The molecule has 0 saturated heterocycles. The van der Waals surface area contributed by atoms with Gasteiger partial charge in [-0.15, -0.1) is 0 Å². The molecule has 0 bridgehead atoms. The van der Waals surface area contributed by atoms with Crippen molar-refractivity contribution in [2.75, 3.05) is 65.4 Å². The Hall–Kier alpha value is -14.7. The van der Waals surface area contributed by atoms with E-state index >= 15 is 0 Å².